The van der Waals surface area contributed by atoms with E-state index < -0.39 is 6.10 Å². The van der Waals surface area contributed by atoms with Crippen molar-refractivity contribution in [3.63, 3.8) is 0 Å². The molecule has 0 saturated carbocycles. The minimum atomic E-state index is -0.460. The van der Waals surface area contributed by atoms with E-state index in [1.54, 1.807) is 31.3 Å². The number of aliphatic hydroxyl groups excluding tert-OH is 1. The maximum Gasteiger partial charge on any atom is 0.243 e. The summed E-state index contributed by atoms with van der Waals surface area (Å²) in [6, 6.07) is 8.58. The smallest absolute Gasteiger partial charge is 0.243 e. The lowest BCUT2D eigenvalue weighted by Crippen LogP contribution is -2.41. The lowest BCUT2D eigenvalue weighted by molar-refractivity contribution is -0.120. The van der Waals surface area contributed by atoms with E-state index in [2.05, 4.69) is 5.32 Å². The molecule has 94 valence electrons. The maximum absolute atomic E-state index is 12.2. The molecule has 1 fully saturated rings. The summed E-state index contributed by atoms with van der Waals surface area (Å²) in [6.07, 6.45) is -0.0287. The summed E-state index contributed by atoms with van der Waals surface area (Å²) in [5.41, 5.74) is 1.20. The number of hydrogen-bond donors (Lipinski definition) is 2. The number of amides is 1. The van der Waals surface area contributed by atoms with Crippen molar-refractivity contribution >= 4 is 11.6 Å². The summed E-state index contributed by atoms with van der Waals surface area (Å²) in [6.45, 7) is 0.447. The van der Waals surface area contributed by atoms with Gasteiger partial charge in [0.2, 0.25) is 5.91 Å². The van der Waals surface area contributed by atoms with Crippen molar-refractivity contribution in [3.05, 3.63) is 29.8 Å². The average molecular weight is 245 g/mol. The van der Waals surface area contributed by atoms with E-state index in [9.17, 15) is 9.90 Å². The molecule has 0 spiro atoms. The van der Waals surface area contributed by atoms with Crippen molar-refractivity contribution in [1.82, 2.24) is 5.32 Å². The molecule has 0 aliphatic carbocycles. The lowest BCUT2D eigenvalue weighted by Gasteiger charge is -2.21. The van der Waals surface area contributed by atoms with Crippen molar-refractivity contribution in [2.75, 3.05) is 18.5 Å². The predicted octanol–water partition coefficient (Wildman–Crippen LogP) is 0.244. The SMILES string of the molecule is CN(C(=O)C1CC(O)CN1)c1cccc(C#N)c1. The molecule has 18 heavy (non-hydrogen) atoms. The monoisotopic (exact) mass is 245 g/mol. The number of anilines is 1. The zero-order chi connectivity index (χ0) is 13.1. The second kappa shape index (κ2) is 5.17. The standard InChI is InChI=1S/C13H15N3O2/c1-16(10-4-2-3-9(5-10)7-14)13(18)12-6-11(17)8-15-12/h2-5,11-12,15,17H,6,8H2,1H3. The molecule has 0 radical (unpaired) electrons. The number of β-amino-alcohol motifs (C(OH)–C–C–N with tert-alkyl or cyclic N) is 1. The Morgan fingerprint density at radius 1 is 1.61 bits per heavy atom. The molecule has 1 saturated heterocycles. The third-order valence-corrected chi connectivity index (χ3v) is 3.10. The Labute approximate surface area is 106 Å². The second-order valence-electron chi connectivity index (χ2n) is 4.41. The number of nitrogens with zero attached hydrogens (tertiary/aromatic N) is 2. The highest BCUT2D eigenvalue weighted by molar-refractivity contribution is 5.97. The van der Waals surface area contributed by atoms with E-state index in [0.717, 1.165) is 0 Å². The average Bonchev–Trinajstić information content (AvgIpc) is 2.83. The van der Waals surface area contributed by atoms with Gasteiger partial charge in [0.05, 0.1) is 23.8 Å². The van der Waals surface area contributed by atoms with Gasteiger partial charge in [0, 0.05) is 19.3 Å². The minimum absolute atomic E-state index is 0.0957. The van der Waals surface area contributed by atoms with Crippen LogP contribution in [0.4, 0.5) is 5.69 Å². The van der Waals surface area contributed by atoms with Crippen LogP contribution in [-0.2, 0) is 4.79 Å². The van der Waals surface area contributed by atoms with Gasteiger partial charge in [0.15, 0.2) is 0 Å². The van der Waals surface area contributed by atoms with Crippen LogP contribution in [0.25, 0.3) is 0 Å². The molecule has 1 aliphatic rings. The van der Waals surface area contributed by atoms with Crippen LogP contribution in [0.5, 0.6) is 0 Å². The number of hydrogen-bond acceptors (Lipinski definition) is 4. The Balaban J connectivity index is 2.13. The first-order valence-electron chi connectivity index (χ1n) is 5.81. The topological polar surface area (TPSA) is 76.4 Å². The fourth-order valence-electron chi connectivity index (χ4n) is 2.05. The number of nitriles is 1. The molecule has 1 amide bonds. The van der Waals surface area contributed by atoms with Crippen LogP contribution in [0.2, 0.25) is 0 Å². The van der Waals surface area contributed by atoms with E-state index in [-0.39, 0.29) is 11.9 Å². The van der Waals surface area contributed by atoms with Crippen molar-refractivity contribution in [2.24, 2.45) is 0 Å². The van der Waals surface area contributed by atoms with Gasteiger partial charge in [0.1, 0.15) is 0 Å². The molecular weight excluding hydrogens is 230 g/mol. The third kappa shape index (κ3) is 2.50. The number of benzene rings is 1. The van der Waals surface area contributed by atoms with Crippen LogP contribution >= 0.6 is 0 Å². The highest BCUT2D eigenvalue weighted by Crippen LogP contribution is 2.17. The Bertz CT molecular complexity index is 495. The van der Waals surface area contributed by atoms with Gasteiger partial charge in [-0.05, 0) is 24.6 Å². The number of carbonyl (C=O) groups excluding carboxylic acids is 1. The molecule has 2 rings (SSSR count). The van der Waals surface area contributed by atoms with Crippen LogP contribution in [0, 0.1) is 11.3 Å². The predicted molar refractivity (Wildman–Crippen MR) is 67.0 cm³/mol. The van der Waals surface area contributed by atoms with Gasteiger partial charge in [-0.2, -0.15) is 5.26 Å². The van der Waals surface area contributed by atoms with Crippen LogP contribution in [-0.4, -0.2) is 36.8 Å². The first kappa shape index (κ1) is 12.6. The van der Waals surface area contributed by atoms with E-state index >= 15 is 0 Å². The lowest BCUT2D eigenvalue weighted by atomic mass is 10.1. The molecule has 1 heterocycles. The van der Waals surface area contributed by atoms with Crippen molar-refractivity contribution in [3.8, 4) is 6.07 Å². The van der Waals surface area contributed by atoms with E-state index in [1.807, 2.05) is 6.07 Å². The van der Waals surface area contributed by atoms with Crippen LogP contribution in [0.3, 0.4) is 0 Å². The summed E-state index contributed by atoms with van der Waals surface area (Å²) in [4.78, 5) is 13.7. The number of nitrogens with one attached hydrogen (secondary N) is 1. The fourth-order valence-corrected chi connectivity index (χ4v) is 2.05. The molecule has 2 unspecified atom stereocenters. The number of likely N-dealkylation sites (N-methyl/N-ethyl adjacent to an activating group) is 1. The van der Waals surface area contributed by atoms with E-state index in [4.69, 9.17) is 5.26 Å². The molecular formula is C13H15N3O2. The molecule has 5 nitrogen and oxygen atoms in total. The van der Waals surface area contributed by atoms with Crippen LogP contribution in [0.15, 0.2) is 24.3 Å². The molecule has 0 bridgehead atoms. The normalized spacial score (nSPS) is 22.5. The molecule has 1 aliphatic heterocycles. The van der Waals surface area contributed by atoms with Crippen molar-refractivity contribution in [1.29, 1.82) is 5.26 Å². The minimum Gasteiger partial charge on any atom is -0.392 e. The molecule has 1 aromatic rings. The van der Waals surface area contributed by atoms with Gasteiger partial charge >= 0.3 is 0 Å². The zero-order valence-electron chi connectivity index (χ0n) is 10.1. The van der Waals surface area contributed by atoms with Gasteiger partial charge < -0.3 is 15.3 Å². The largest absolute Gasteiger partial charge is 0.392 e. The van der Waals surface area contributed by atoms with Gasteiger partial charge in [0.25, 0.3) is 0 Å². The first-order valence-corrected chi connectivity index (χ1v) is 5.81. The highest BCUT2D eigenvalue weighted by Gasteiger charge is 2.30. The third-order valence-electron chi connectivity index (χ3n) is 3.10. The van der Waals surface area contributed by atoms with Crippen molar-refractivity contribution in [2.45, 2.75) is 18.6 Å². The summed E-state index contributed by atoms with van der Waals surface area (Å²) in [5, 5.41) is 21.2. The van der Waals surface area contributed by atoms with E-state index in [0.29, 0.717) is 24.2 Å². The van der Waals surface area contributed by atoms with E-state index in [1.165, 1.54) is 4.90 Å². The quantitative estimate of drug-likeness (QED) is 0.782. The van der Waals surface area contributed by atoms with Crippen molar-refractivity contribution < 1.29 is 9.90 Å². The zero-order valence-corrected chi connectivity index (χ0v) is 10.1. The Morgan fingerprint density at radius 3 is 3.00 bits per heavy atom. The molecule has 2 N–H and O–H groups in total. The van der Waals surface area contributed by atoms with Gasteiger partial charge in [-0.15, -0.1) is 0 Å². The van der Waals surface area contributed by atoms with Gasteiger partial charge in [-0.3, -0.25) is 4.79 Å². The Hall–Kier alpha value is -1.90. The second-order valence-corrected chi connectivity index (χ2v) is 4.41. The van der Waals surface area contributed by atoms with Crippen LogP contribution in [0.1, 0.15) is 12.0 Å². The summed E-state index contributed by atoms with van der Waals surface area (Å²) in [5.74, 6) is -0.0957. The Morgan fingerprint density at radius 2 is 2.39 bits per heavy atom. The molecule has 0 aromatic heterocycles. The summed E-state index contributed by atoms with van der Waals surface area (Å²) in [7, 11) is 1.67. The van der Waals surface area contributed by atoms with Gasteiger partial charge in [-0.1, -0.05) is 6.07 Å². The summed E-state index contributed by atoms with van der Waals surface area (Å²) < 4.78 is 0. The number of rotatable bonds is 2. The maximum atomic E-state index is 12.2. The molecule has 5 heteroatoms. The molecule has 2 atom stereocenters. The highest BCUT2D eigenvalue weighted by atomic mass is 16.3. The first-order chi connectivity index (χ1) is 8.61. The number of aliphatic hydroxyl groups is 1. The summed E-state index contributed by atoms with van der Waals surface area (Å²) >= 11 is 0. The Kier molecular flexibility index (Phi) is 3.60. The van der Waals surface area contributed by atoms with Gasteiger partial charge in [-0.25, -0.2) is 0 Å². The fraction of sp³-hybridized carbons (Fsp3) is 0.385. The molecule has 1 aromatic carbocycles. The number of carbonyl (C=O) groups is 1. The van der Waals surface area contributed by atoms with Crippen LogP contribution < -0.4 is 10.2 Å².